The van der Waals surface area contributed by atoms with E-state index in [-0.39, 0.29) is 10.7 Å². The highest BCUT2D eigenvalue weighted by Crippen LogP contribution is 2.40. The predicted molar refractivity (Wildman–Crippen MR) is 59.9 cm³/mol. The third-order valence-electron chi connectivity index (χ3n) is 2.88. The van der Waals surface area contributed by atoms with Gasteiger partial charge in [-0.05, 0) is 18.9 Å². The molecule has 0 radical (unpaired) electrons. The van der Waals surface area contributed by atoms with Gasteiger partial charge in [0.15, 0.2) is 0 Å². The van der Waals surface area contributed by atoms with Crippen LogP contribution in [-0.4, -0.2) is 15.8 Å². The van der Waals surface area contributed by atoms with E-state index in [4.69, 9.17) is 4.42 Å². The number of phenolic OH excluding ortho intramolecular Hbond substituents is 1. The van der Waals surface area contributed by atoms with E-state index in [1.54, 1.807) is 6.07 Å². The molecular weight excluding hydrogens is 228 g/mol. The molecule has 3 rings (SSSR count). The smallest absolute Gasteiger partial charge is 0.396 e. The first-order valence-electron chi connectivity index (χ1n) is 5.04. The van der Waals surface area contributed by atoms with Crippen molar-refractivity contribution in [2.24, 2.45) is 0 Å². The molecule has 5 heteroatoms. The molecule has 0 unspecified atom stereocenters. The van der Waals surface area contributed by atoms with E-state index < -0.39 is 5.60 Å². The lowest BCUT2D eigenvalue weighted by molar-refractivity contribution is 0.150. The van der Waals surface area contributed by atoms with E-state index in [0.717, 1.165) is 24.2 Å². The molecule has 0 atom stereocenters. The van der Waals surface area contributed by atoms with Gasteiger partial charge >= 0.3 is 4.94 Å². The molecule has 0 saturated heterocycles. The summed E-state index contributed by atoms with van der Waals surface area (Å²) in [5, 5.41) is 19.5. The van der Waals surface area contributed by atoms with Gasteiger partial charge in [0.25, 0.3) is 0 Å². The van der Waals surface area contributed by atoms with E-state index in [9.17, 15) is 15.0 Å². The van der Waals surface area contributed by atoms with E-state index >= 15 is 0 Å². The molecule has 84 valence electrons. The summed E-state index contributed by atoms with van der Waals surface area (Å²) < 4.78 is 5.60. The number of benzene rings is 1. The molecule has 1 saturated carbocycles. The van der Waals surface area contributed by atoms with Crippen molar-refractivity contribution in [3.63, 3.8) is 0 Å². The van der Waals surface area contributed by atoms with Crippen molar-refractivity contribution in [1.29, 1.82) is 0 Å². The molecule has 1 aromatic heterocycles. The zero-order valence-electron chi connectivity index (χ0n) is 8.40. The number of fused-ring (bicyclic) bond motifs is 1. The summed E-state index contributed by atoms with van der Waals surface area (Å²) in [6.07, 6.45) is 1.93. The van der Waals surface area contributed by atoms with Crippen LogP contribution in [0.2, 0.25) is 0 Å². The second-order valence-corrected chi connectivity index (χ2v) is 5.26. The average Bonchev–Trinajstić information content (AvgIpc) is 2.80. The molecule has 0 bridgehead atoms. The fourth-order valence-corrected chi connectivity index (χ4v) is 2.45. The lowest BCUT2D eigenvalue weighted by Crippen LogP contribution is -2.10. The van der Waals surface area contributed by atoms with Gasteiger partial charge in [0.05, 0.1) is 10.3 Å². The van der Waals surface area contributed by atoms with E-state index in [1.807, 2.05) is 0 Å². The number of aliphatic hydroxyl groups is 1. The minimum absolute atomic E-state index is 0.116. The summed E-state index contributed by atoms with van der Waals surface area (Å²) >= 11 is 0.964. The fraction of sp³-hybridized carbons (Fsp3) is 0.364. The number of hydrogen-bond acceptors (Lipinski definition) is 5. The van der Waals surface area contributed by atoms with Gasteiger partial charge in [-0.3, -0.25) is 0 Å². The fourth-order valence-electron chi connectivity index (χ4n) is 1.77. The number of hydrogen-bond donors (Lipinski definition) is 2. The Morgan fingerprint density at radius 1 is 1.44 bits per heavy atom. The molecular formula is C11H10O4S. The molecule has 1 aromatic carbocycles. The third-order valence-corrected chi connectivity index (χ3v) is 3.67. The van der Waals surface area contributed by atoms with Gasteiger partial charge in [-0.1, -0.05) is 11.3 Å². The van der Waals surface area contributed by atoms with E-state index in [1.165, 1.54) is 6.07 Å². The van der Waals surface area contributed by atoms with Crippen molar-refractivity contribution in [3.8, 4) is 5.75 Å². The second kappa shape index (κ2) is 3.09. The third kappa shape index (κ3) is 1.62. The highest BCUT2D eigenvalue weighted by molar-refractivity contribution is 7.16. The number of rotatable bonds is 2. The zero-order valence-corrected chi connectivity index (χ0v) is 9.21. The van der Waals surface area contributed by atoms with Crippen LogP contribution in [0.1, 0.15) is 18.4 Å². The van der Waals surface area contributed by atoms with Crippen LogP contribution >= 0.6 is 11.3 Å². The molecule has 2 N–H and O–H groups in total. The van der Waals surface area contributed by atoms with Gasteiger partial charge in [0, 0.05) is 18.1 Å². The Morgan fingerprint density at radius 3 is 2.88 bits per heavy atom. The summed E-state index contributed by atoms with van der Waals surface area (Å²) in [6.45, 7) is 0. The Kier molecular flexibility index (Phi) is 1.90. The van der Waals surface area contributed by atoms with Crippen LogP contribution in [0.4, 0.5) is 0 Å². The van der Waals surface area contributed by atoms with Crippen LogP contribution in [0, 0.1) is 0 Å². The highest BCUT2D eigenvalue weighted by atomic mass is 32.1. The quantitative estimate of drug-likeness (QED) is 0.834. The van der Waals surface area contributed by atoms with Gasteiger partial charge in [0.2, 0.25) is 0 Å². The summed E-state index contributed by atoms with van der Waals surface area (Å²) in [5.41, 5.74) is 0.447. The van der Waals surface area contributed by atoms with Gasteiger partial charge in [0.1, 0.15) is 11.3 Å². The first-order chi connectivity index (χ1) is 7.56. The van der Waals surface area contributed by atoms with Crippen molar-refractivity contribution in [2.45, 2.75) is 24.9 Å². The van der Waals surface area contributed by atoms with Crippen LogP contribution in [0.25, 0.3) is 10.3 Å². The monoisotopic (exact) mass is 238 g/mol. The largest absolute Gasteiger partial charge is 0.508 e. The van der Waals surface area contributed by atoms with Crippen LogP contribution in [0.15, 0.2) is 21.3 Å². The highest BCUT2D eigenvalue weighted by Gasteiger charge is 2.40. The van der Waals surface area contributed by atoms with Crippen molar-refractivity contribution < 1.29 is 14.6 Å². The molecule has 0 amide bonds. The van der Waals surface area contributed by atoms with Gasteiger partial charge in [-0.15, -0.1) is 0 Å². The van der Waals surface area contributed by atoms with Crippen molar-refractivity contribution in [1.82, 2.24) is 0 Å². The maximum absolute atomic E-state index is 11.0. The molecule has 1 heterocycles. The topological polar surface area (TPSA) is 70.7 Å². The van der Waals surface area contributed by atoms with Gasteiger partial charge in [-0.2, -0.15) is 0 Å². The molecule has 1 aliphatic rings. The first kappa shape index (κ1) is 9.86. The predicted octanol–water partition coefficient (Wildman–Crippen LogP) is 1.63. The van der Waals surface area contributed by atoms with Crippen LogP contribution in [-0.2, 0) is 6.42 Å². The molecule has 4 nitrogen and oxygen atoms in total. The summed E-state index contributed by atoms with van der Waals surface area (Å²) in [7, 11) is 0. The minimum atomic E-state index is -0.665. The Balaban J connectivity index is 2.09. The summed E-state index contributed by atoms with van der Waals surface area (Å²) in [4.78, 5) is 10.7. The lowest BCUT2D eigenvalue weighted by atomic mass is 10.1. The van der Waals surface area contributed by atoms with Crippen LogP contribution in [0.3, 0.4) is 0 Å². The van der Waals surface area contributed by atoms with E-state index in [2.05, 4.69) is 0 Å². The standard InChI is InChI=1S/C11H10O4S/c12-7-4-9-8(15-10(13)16-9)3-6(7)5-11(14)1-2-11/h3-4,12,14H,1-2,5H2. The second-order valence-electron chi connectivity index (χ2n) is 4.28. The number of phenols is 1. The average molecular weight is 238 g/mol. The Labute approximate surface area is 94.8 Å². The Hall–Kier alpha value is -1.33. The SMILES string of the molecule is O=c1oc2cc(CC3(O)CC3)c(O)cc2s1. The lowest BCUT2D eigenvalue weighted by Gasteiger charge is -2.08. The number of aromatic hydroxyl groups is 1. The van der Waals surface area contributed by atoms with Gasteiger partial charge < -0.3 is 14.6 Å². The maximum Gasteiger partial charge on any atom is 0.396 e. The molecule has 1 aliphatic carbocycles. The Bertz CT molecular complexity index is 606. The maximum atomic E-state index is 11.0. The summed E-state index contributed by atoms with van der Waals surface area (Å²) in [5.74, 6) is 0.116. The zero-order chi connectivity index (χ0) is 11.3. The van der Waals surface area contributed by atoms with E-state index in [0.29, 0.717) is 22.3 Å². The first-order valence-corrected chi connectivity index (χ1v) is 5.85. The van der Waals surface area contributed by atoms with Gasteiger partial charge in [-0.25, -0.2) is 4.79 Å². The molecule has 2 aromatic rings. The van der Waals surface area contributed by atoms with Crippen LogP contribution < -0.4 is 4.94 Å². The van der Waals surface area contributed by atoms with Crippen molar-refractivity contribution in [3.05, 3.63) is 27.4 Å². The molecule has 16 heavy (non-hydrogen) atoms. The molecule has 0 spiro atoms. The molecule has 0 aliphatic heterocycles. The van der Waals surface area contributed by atoms with Crippen molar-refractivity contribution >= 4 is 21.6 Å². The summed E-state index contributed by atoms with van der Waals surface area (Å²) in [6, 6.07) is 3.16. The molecule has 1 fully saturated rings. The minimum Gasteiger partial charge on any atom is -0.508 e. The van der Waals surface area contributed by atoms with Crippen LogP contribution in [0.5, 0.6) is 5.75 Å². The Morgan fingerprint density at radius 2 is 2.19 bits per heavy atom. The van der Waals surface area contributed by atoms with Crippen molar-refractivity contribution in [2.75, 3.05) is 0 Å². The normalized spacial score (nSPS) is 17.8.